The number of rotatable bonds is 9. The van der Waals surface area contributed by atoms with Gasteiger partial charge in [0.15, 0.2) is 0 Å². The van der Waals surface area contributed by atoms with Crippen molar-refractivity contribution in [1.29, 1.82) is 0 Å². The van der Waals surface area contributed by atoms with Crippen LogP contribution in [0.15, 0.2) is 72.8 Å². The predicted molar refractivity (Wildman–Crippen MR) is 142 cm³/mol. The molecule has 0 fully saturated rings. The molecule has 6 nitrogen and oxygen atoms in total. The van der Waals surface area contributed by atoms with E-state index in [0.717, 1.165) is 36.0 Å². The highest BCUT2D eigenvalue weighted by atomic mass is 35.5. The van der Waals surface area contributed by atoms with E-state index in [1.807, 2.05) is 24.3 Å². The van der Waals surface area contributed by atoms with E-state index >= 15 is 0 Å². The fraction of sp³-hybridized carbons (Fsp3) is 0.259. The molecule has 0 radical (unpaired) electrons. The van der Waals surface area contributed by atoms with Crippen molar-refractivity contribution in [3.8, 4) is 0 Å². The Hall–Kier alpha value is -3.06. The second-order valence-corrected chi connectivity index (χ2v) is 9.02. The molecule has 3 N–H and O–H groups in total. The summed E-state index contributed by atoms with van der Waals surface area (Å²) in [4.78, 5) is 20.3. The average molecular weight is 517 g/mol. The fourth-order valence-electron chi connectivity index (χ4n) is 3.47. The summed E-state index contributed by atoms with van der Waals surface area (Å²) >= 11 is 12.5. The maximum Gasteiger partial charge on any atom is 0.414 e. The Labute approximate surface area is 216 Å². The van der Waals surface area contributed by atoms with Crippen LogP contribution in [0.5, 0.6) is 0 Å². The van der Waals surface area contributed by atoms with Crippen LogP contribution >= 0.6 is 23.2 Å². The SMILES string of the molecule is CN(C)c1ccc(CNCCC(Cc2ccccc2Cl)c2ccc(Cl)cc2)cc1.O=C(O)C(=O)O. The largest absolute Gasteiger partial charge is 0.473 e. The first-order valence-electron chi connectivity index (χ1n) is 11.1. The number of carbonyl (C=O) groups is 2. The van der Waals surface area contributed by atoms with Crippen LogP contribution in [0.4, 0.5) is 5.69 Å². The topological polar surface area (TPSA) is 89.9 Å². The number of benzene rings is 3. The minimum absolute atomic E-state index is 0.385. The molecule has 1 unspecified atom stereocenters. The van der Waals surface area contributed by atoms with E-state index in [9.17, 15) is 0 Å². The smallest absolute Gasteiger partial charge is 0.414 e. The maximum absolute atomic E-state index is 9.10. The van der Waals surface area contributed by atoms with Crippen LogP contribution in [0.2, 0.25) is 10.0 Å². The number of carboxylic acid groups (broad SMARTS) is 2. The summed E-state index contributed by atoms with van der Waals surface area (Å²) in [5.41, 5.74) is 5.00. The molecule has 1 atom stereocenters. The quantitative estimate of drug-likeness (QED) is 0.249. The van der Waals surface area contributed by atoms with Gasteiger partial charge in [0.05, 0.1) is 0 Å². The summed E-state index contributed by atoms with van der Waals surface area (Å²) in [6.07, 6.45) is 1.95. The summed E-state index contributed by atoms with van der Waals surface area (Å²) in [5, 5.41) is 20.0. The van der Waals surface area contributed by atoms with Gasteiger partial charge >= 0.3 is 11.9 Å². The Bertz CT molecular complexity index is 1080. The fourth-order valence-corrected chi connectivity index (χ4v) is 3.81. The van der Waals surface area contributed by atoms with Gasteiger partial charge in [0.1, 0.15) is 0 Å². The first-order valence-corrected chi connectivity index (χ1v) is 11.8. The third kappa shape index (κ3) is 9.99. The molecule has 0 aliphatic carbocycles. The van der Waals surface area contributed by atoms with Gasteiger partial charge in [-0.05, 0) is 72.3 Å². The van der Waals surface area contributed by atoms with Crippen LogP contribution in [0.1, 0.15) is 29.0 Å². The lowest BCUT2D eigenvalue weighted by atomic mass is 9.89. The normalized spacial score (nSPS) is 11.2. The summed E-state index contributed by atoms with van der Waals surface area (Å²) in [7, 11) is 4.12. The highest BCUT2D eigenvalue weighted by molar-refractivity contribution is 6.31. The zero-order valence-corrected chi connectivity index (χ0v) is 21.3. The van der Waals surface area contributed by atoms with Gasteiger partial charge in [-0.25, -0.2) is 9.59 Å². The van der Waals surface area contributed by atoms with Crippen molar-refractivity contribution in [3.05, 3.63) is 99.5 Å². The van der Waals surface area contributed by atoms with E-state index in [1.54, 1.807) is 0 Å². The van der Waals surface area contributed by atoms with Gasteiger partial charge in [-0.1, -0.05) is 65.7 Å². The number of anilines is 1. The van der Waals surface area contributed by atoms with Gasteiger partial charge in [0.25, 0.3) is 0 Å². The molecular formula is C27H30Cl2N2O4. The minimum Gasteiger partial charge on any atom is -0.473 e. The molecule has 3 aromatic rings. The zero-order chi connectivity index (χ0) is 25.8. The predicted octanol–water partition coefficient (Wildman–Crippen LogP) is 5.72. The number of aliphatic carboxylic acids is 2. The van der Waals surface area contributed by atoms with Crippen LogP contribution < -0.4 is 10.2 Å². The van der Waals surface area contributed by atoms with Crippen molar-refractivity contribution in [1.82, 2.24) is 5.32 Å². The molecule has 35 heavy (non-hydrogen) atoms. The summed E-state index contributed by atoms with van der Waals surface area (Å²) < 4.78 is 0. The van der Waals surface area contributed by atoms with E-state index in [0.29, 0.717) is 5.92 Å². The van der Waals surface area contributed by atoms with Crippen LogP contribution in [0.3, 0.4) is 0 Å². The van der Waals surface area contributed by atoms with E-state index in [1.165, 1.54) is 22.4 Å². The first kappa shape index (κ1) is 28.2. The van der Waals surface area contributed by atoms with Crippen LogP contribution in [0, 0.1) is 0 Å². The van der Waals surface area contributed by atoms with E-state index < -0.39 is 11.9 Å². The van der Waals surface area contributed by atoms with E-state index in [4.69, 9.17) is 43.0 Å². The lowest BCUT2D eigenvalue weighted by Crippen LogP contribution is -2.18. The number of hydrogen-bond donors (Lipinski definition) is 3. The van der Waals surface area contributed by atoms with Crippen molar-refractivity contribution in [2.24, 2.45) is 0 Å². The first-order chi connectivity index (χ1) is 16.7. The third-order valence-corrected chi connectivity index (χ3v) is 6.02. The van der Waals surface area contributed by atoms with Gasteiger partial charge in [-0.3, -0.25) is 0 Å². The van der Waals surface area contributed by atoms with Gasteiger partial charge < -0.3 is 20.4 Å². The van der Waals surface area contributed by atoms with Gasteiger partial charge in [0.2, 0.25) is 0 Å². The Kier molecular flexibility index (Phi) is 11.6. The third-order valence-electron chi connectivity index (χ3n) is 5.40. The number of hydrogen-bond acceptors (Lipinski definition) is 4. The molecule has 0 saturated carbocycles. The van der Waals surface area contributed by atoms with Crippen LogP contribution in [0.25, 0.3) is 0 Å². The van der Waals surface area contributed by atoms with Crippen molar-refractivity contribution in [2.45, 2.75) is 25.3 Å². The lowest BCUT2D eigenvalue weighted by Gasteiger charge is -2.19. The molecule has 0 saturated heterocycles. The van der Waals surface area contributed by atoms with Crippen molar-refractivity contribution >= 4 is 40.8 Å². The molecule has 3 aromatic carbocycles. The Morgan fingerprint density at radius 3 is 2.03 bits per heavy atom. The standard InChI is InChI=1S/C25H28Cl2N2.C2H2O4/c1-29(2)24-13-7-19(8-14-24)18-28-16-15-21(20-9-11-23(26)12-10-20)17-22-5-3-4-6-25(22)27;3-1(4)2(5)6/h3-14,21,28H,15-18H2,1-2H3;(H,3,4)(H,5,6). The van der Waals surface area contributed by atoms with Gasteiger partial charge in [0, 0.05) is 36.4 Å². The number of carboxylic acids is 2. The average Bonchev–Trinajstić information content (AvgIpc) is 2.83. The minimum atomic E-state index is -1.82. The molecule has 186 valence electrons. The molecule has 0 heterocycles. The molecule has 0 spiro atoms. The number of halogens is 2. The second kappa shape index (κ2) is 14.4. The van der Waals surface area contributed by atoms with E-state index in [2.05, 4.69) is 72.8 Å². The molecule has 0 amide bonds. The molecule has 0 aliphatic rings. The van der Waals surface area contributed by atoms with Crippen LogP contribution in [-0.4, -0.2) is 42.8 Å². The Morgan fingerprint density at radius 2 is 1.49 bits per heavy atom. The Morgan fingerprint density at radius 1 is 0.886 bits per heavy atom. The highest BCUT2D eigenvalue weighted by Crippen LogP contribution is 2.28. The Balaban J connectivity index is 0.000000641. The molecular weight excluding hydrogens is 487 g/mol. The van der Waals surface area contributed by atoms with Crippen molar-refractivity contribution in [2.75, 3.05) is 25.5 Å². The van der Waals surface area contributed by atoms with Gasteiger partial charge in [-0.15, -0.1) is 0 Å². The summed E-state index contributed by atoms with van der Waals surface area (Å²) in [5.74, 6) is -3.26. The maximum atomic E-state index is 9.10. The van der Waals surface area contributed by atoms with Crippen molar-refractivity contribution < 1.29 is 19.8 Å². The van der Waals surface area contributed by atoms with Gasteiger partial charge in [-0.2, -0.15) is 0 Å². The lowest BCUT2D eigenvalue weighted by molar-refractivity contribution is -0.159. The molecule has 0 aromatic heterocycles. The summed E-state index contributed by atoms with van der Waals surface area (Å²) in [6.45, 7) is 1.81. The van der Waals surface area contributed by atoms with Crippen LogP contribution in [-0.2, 0) is 22.6 Å². The second-order valence-electron chi connectivity index (χ2n) is 8.18. The molecule has 8 heteroatoms. The monoisotopic (exact) mass is 516 g/mol. The van der Waals surface area contributed by atoms with Crippen molar-refractivity contribution in [3.63, 3.8) is 0 Å². The zero-order valence-electron chi connectivity index (χ0n) is 19.7. The van der Waals surface area contributed by atoms with E-state index in [-0.39, 0.29) is 0 Å². The highest BCUT2D eigenvalue weighted by Gasteiger charge is 2.14. The number of nitrogens with one attached hydrogen (secondary N) is 1. The number of nitrogens with zero attached hydrogens (tertiary/aromatic N) is 1. The molecule has 3 rings (SSSR count). The molecule has 0 aliphatic heterocycles. The summed E-state index contributed by atoms with van der Waals surface area (Å²) in [6, 6.07) is 25.0. The molecule has 0 bridgehead atoms.